The van der Waals surface area contributed by atoms with E-state index in [9.17, 15) is 18.0 Å². The number of halogens is 3. The van der Waals surface area contributed by atoms with E-state index in [4.69, 9.17) is 5.73 Å². The molecule has 3 N–H and O–H groups in total. The third kappa shape index (κ3) is 3.28. The predicted molar refractivity (Wildman–Crippen MR) is 59.8 cm³/mol. The number of nitrogens with two attached hydrogens (primary N) is 1. The Kier molecular flexibility index (Phi) is 3.70. The number of fused-ring (bicyclic) bond motifs is 1. The first kappa shape index (κ1) is 13.5. The summed E-state index contributed by atoms with van der Waals surface area (Å²) in [5.74, 6) is 0.756. The Hall–Kier alpha value is -0.980. The number of amides is 2. The number of hydrogen-bond acceptors (Lipinski definition) is 2. The Morgan fingerprint density at radius 3 is 2.61 bits per heavy atom. The quantitative estimate of drug-likeness (QED) is 0.751. The van der Waals surface area contributed by atoms with Crippen molar-refractivity contribution in [3.8, 4) is 0 Å². The van der Waals surface area contributed by atoms with Crippen molar-refractivity contribution in [3.63, 3.8) is 0 Å². The summed E-state index contributed by atoms with van der Waals surface area (Å²) in [6.45, 7) is -0.180. The summed E-state index contributed by atoms with van der Waals surface area (Å²) in [7, 11) is 0. The smallest absolute Gasteiger partial charge is 0.329 e. The predicted octanol–water partition coefficient (Wildman–Crippen LogP) is 1.32. The fourth-order valence-corrected chi connectivity index (χ4v) is 2.92. The van der Waals surface area contributed by atoms with Gasteiger partial charge in [0.25, 0.3) is 0 Å². The zero-order valence-electron chi connectivity index (χ0n) is 10.0. The lowest BCUT2D eigenvalue weighted by atomic mass is 9.79. The monoisotopic (exact) mass is 265 g/mol. The normalized spacial score (nSPS) is 32.2. The van der Waals surface area contributed by atoms with Gasteiger partial charge in [0.1, 0.15) is 6.54 Å². The summed E-state index contributed by atoms with van der Waals surface area (Å²) in [4.78, 5) is 13.1. The van der Waals surface area contributed by atoms with E-state index in [-0.39, 0.29) is 6.04 Å². The Bertz CT molecular complexity index is 321. The number of nitrogens with one attached hydrogen (secondary N) is 1. The van der Waals surface area contributed by atoms with E-state index >= 15 is 0 Å². The van der Waals surface area contributed by atoms with Gasteiger partial charge in [0.05, 0.1) is 0 Å². The molecule has 3 atom stereocenters. The zero-order chi connectivity index (χ0) is 13.3. The third-order valence-electron chi connectivity index (χ3n) is 3.82. The molecule has 0 bridgehead atoms. The number of nitrogens with zero attached hydrogens (tertiary/aromatic N) is 1. The van der Waals surface area contributed by atoms with Crippen molar-refractivity contribution in [2.75, 3.05) is 19.6 Å². The molecular formula is C11H18F3N3O. The second kappa shape index (κ2) is 4.95. The minimum Gasteiger partial charge on any atom is -0.329 e. The molecule has 1 unspecified atom stereocenters. The van der Waals surface area contributed by atoms with E-state index in [1.54, 1.807) is 0 Å². The summed E-state index contributed by atoms with van der Waals surface area (Å²) in [6, 6.07) is -0.445. The van der Waals surface area contributed by atoms with Crippen LogP contribution in [-0.4, -0.2) is 42.8 Å². The molecule has 2 fully saturated rings. The average Bonchev–Trinajstić information content (AvgIpc) is 2.67. The van der Waals surface area contributed by atoms with Gasteiger partial charge >= 0.3 is 12.2 Å². The first-order chi connectivity index (χ1) is 8.35. The van der Waals surface area contributed by atoms with Crippen molar-refractivity contribution in [3.05, 3.63) is 0 Å². The largest absolute Gasteiger partial charge is 0.405 e. The maximum absolute atomic E-state index is 12.0. The molecule has 1 aliphatic carbocycles. The molecule has 1 saturated carbocycles. The molecule has 2 amide bonds. The maximum atomic E-state index is 12.0. The Labute approximate surface area is 104 Å². The van der Waals surface area contributed by atoms with Crippen LogP contribution >= 0.6 is 0 Å². The van der Waals surface area contributed by atoms with Gasteiger partial charge in [-0.1, -0.05) is 0 Å². The lowest BCUT2D eigenvalue weighted by Crippen LogP contribution is -2.42. The van der Waals surface area contributed by atoms with Crippen LogP contribution in [0.5, 0.6) is 0 Å². The number of rotatable bonds is 1. The second-order valence-electron chi connectivity index (χ2n) is 5.27. The maximum Gasteiger partial charge on any atom is 0.405 e. The number of hydrogen-bond donors (Lipinski definition) is 2. The summed E-state index contributed by atoms with van der Waals surface area (Å²) in [5, 5.41) is 1.92. The van der Waals surface area contributed by atoms with Crippen LogP contribution in [0, 0.1) is 11.8 Å². The van der Waals surface area contributed by atoms with Crippen molar-refractivity contribution in [2.45, 2.75) is 31.5 Å². The number of carbonyl (C=O) groups is 1. The highest BCUT2D eigenvalue weighted by molar-refractivity contribution is 5.74. The van der Waals surface area contributed by atoms with Crippen molar-refractivity contribution < 1.29 is 18.0 Å². The summed E-state index contributed by atoms with van der Waals surface area (Å²) >= 11 is 0. The Morgan fingerprint density at radius 1 is 1.28 bits per heavy atom. The fourth-order valence-electron chi connectivity index (χ4n) is 2.92. The molecule has 0 spiro atoms. The highest BCUT2D eigenvalue weighted by Crippen LogP contribution is 2.35. The molecular weight excluding hydrogens is 247 g/mol. The van der Waals surface area contributed by atoms with E-state index in [1.807, 2.05) is 5.32 Å². The van der Waals surface area contributed by atoms with Crippen LogP contribution in [0.25, 0.3) is 0 Å². The van der Waals surface area contributed by atoms with Crippen LogP contribution in [0.2, 0.25) is 0 Å². The topological polar surface area (TPSA) is 58.4 Å². The molecule has 104 valence electrons. The fraction of sp³-hybridized carbons (Fsp3) is 0.909. The molecule has 1 aliphatic heterocycles. The van der Waals surface area contributed by atoms with Gasteiger partial charge in [-0.25, -0.2) is 4.79 Å². The van der Waals surface area contributed by atoms with Gasteiger partial charge in [0.2, 0.25) is 0 Å². The summed E-state index contributed by atoms with van der Waals surface area (Å²) in [6.07, 6.45) is -1.58. The van der Waals surface area contributed by atoms with Gasteiger partial charge in [-0.3, -0.25) is 0 Å². The number of alkyl halides is 3. The molecule has 7 heteroatoms. The van der Waals surface area contributed by atoms with Crippen LogP contribution in [0.1, 0.15) is 19.3 Å². The van der Waals surface area contributed by atoms with Crippen molar-refractivity contribution >= 4 is 6.03 Å². The summed E-state index contributed by atoms with van der Waals surface area (Å²) in [5.41, 5.74) is 5.86. The van der Waals surface area contributed by atoms with Gasteiger partial charge in [0, 0.05) is 19.1 Å². The summed E-state index contributed by atoms with van der Waals surface area (Å²) < 4.78 is 36.0. The Balaban J connectivity index is 1.83. The van der Waals surface area contributed by atoms with Gasteiger partial charge in [-0.05, 0) is 31.1 Å². The molecule has 0 aromatic heterocycles. The van der Waals surface area contributed by atoms with Crippen molar-refractivity contribution in [2.24, 2.45) is 17.6 Å². The second-order valence-corrected chi connectivity index (χ2v) is 5.27. The molecule has 1 saturated heterocycles. The highest BCUT2D eigenvalue weighted by Gasteiger charge is 2.39. The van der Waals surface area contributed by atoms with Crippen molar-refractivity contribution in [1.29, 1.82) is 0 Å². The van der Waals surface area contributed by atoms with Crippen molar-refractivity contribution in [1.82, 2.24) is 10.2 Å². The molecule has 2 rings (SSSR count). The zero-order valence-corrected chi connectivity index (χ0v) is 10.0. The Morgan fingerprint density at radius 2 is 1.94 bits per heavy atom. The minimum absolute atomic E-state index is 0.171. The van der Waals surface area contributed by atoms with Crippen LogP contribution in [-0.2, 0) is 0 Å². The lowest BCUT2D eigenvalue weighted by Gasteiger charge is -2.27. The number of carbonyl (C=O) groups excluding carboxylic acids is 1. The molecule has 2 aliphatic rings. The lowest BCUT2D eigenvalue weighted by molar-refractivity contribution is -0.123. The van der Waals surface area contributed by atoms with Gasteiger partial charge in [-0.2, -0.15) is 13.2 Å². The van der Waals surface area contributed by atoms with E-state index in [1.165, 1.54) is 4.90 Å². The molecule has 0 aromatic rings. The minimum atomic E-state index is -4.36. The molecule has 0 aromatic carbocycles. The highest BCUT2D eigenvalue weighted by atomic mass is 19.4. The molecule has 18 heavy (non-hydrogen) atoms. The van der Waals surface area contributed by atoms with Gasteiger partial charge < -0.3 is 16.0 Å². The van der Waals surface area contributed by atoms with Gasteiger partial charge in [-0.15, -0.1) is 0 Å². The van der Waals surface area contributed by atoms with Crippen LogP contribution < -0.4 is 11.1 Å². The van der Waals surface area contributed by atoms with E-state index < -0.39 is 18.8 Å². The average molecular weight is 265 g/mol. The number of likely N-dealkylation sites (tertiary alicyclic amines) is 1. The van der Waals surface area contributed by atoms with Gasteiger partial charge in [0.15, 0.2) is 0 Å². The first-order valence-electron chi connectivity index (χ1n) is 6.20. The third-order valence-corrected chi connectivity index (χ3v) is 3.82. The molecule has 1 heterocycles. The number of urea groups is 1. The molecule has 4 nitrogen and oxygen atoms in total. The van der Waals surface area contributed by atoms with Crippen LogP contribution in [0.4, 0.5) is 18.0 Å². The van der Waals surface area contributed by atoms with E-state index in [2.05, 4.69) is 0 Å². The first-order valence-corrected chi connectivity index (χ1v) is 6.20. The van der Waals surface area contributed by atoms with E-state index in [0.29, 0.717) is 24.9 Å². The standard InChI is InChI=1S/C11H18F3N3O/c12-11(13,14)6-16-10(18)17-4-7-1-2-9(15)3-8(7)5-17/h7-9H,1-6,15H2,(H,16,18)/t7-,8+,9?/m1/s1. The molecule has 0 radical (unpaired) electrons. The van der Waals surface area contributed by atoms with E-state index in [0.717, 1.165) is 19.3 Å². The van der Waals surface area contributed by atoms with Crippen LogP contribution in [0.15, 0.2) is 0 Å². The van der Waals surface area contributed by atoms with Crippen LogP contribution in [0.3, 0.4) is 0 Å². The SMILES string of the molecule is NC1CC[C@@H]2CN(C(=O)NCC(F)(F)F)C[C@@H]2C1.